The molecule has 0 aliphatic rings. The number of nitrogens with one attached hydrogen (secondary N) is 1. The molecule has 1 aromatic rings. The van der Waals surface area contributed by atoms with Crippen molar-refractivity contribution in [2.75, 3.05) is 25.1 Å². The molecule has 0 saturated carbocycles. The Morgan fingerprint density at radius 3 is 2.88 bits per heavy atom. The van der Waals surface area contributed by atoms with Crippen LogP contribution in [0.5, 0.6) is 0 Å². The number of carboxylic acid groups (broad SMARTS) is 1. The number of benzene rings is 1. The van der Waals surface area contributed by atoms with E-state index in [1.165, 1.54) is 0 Å². The number of carbonyl (C=O) groups is 1. The molecule has 1 aromatic carbocycles. The van der Waals surface area contributed by atoms with Crippen molar-refractivity contribution in [3.63, 3.8) is 0 Å². The van der Waals surface area contributed by atoms with Crippen LogP contribution in [0.25, 0.3) is 0 Å². The topological polar surface area (TPSA) is 58.6 Å². The summed E-state index contributed by atoms with van der Waals surface area (Å²) in [7, 11) is 0. The minimum atomic E-state index is -0.923. The number of hydrogen-bond acceptors (Lipinski definition) is 3. The highest BCUT2D eigenvalue weighted by atomic mass is 79.9. The van der Waals surface area contributed by atoms with E-state index in [9.17, 15) is 4.79 Å². The SMILES string of the molecule is CCOCCCNc1ccc(C(=O)O)cc1Br. The van der Waals surface area contributed by atoms with Crippen molar-refractivity contribution in [1.29, 1.82) is 0 Å². The lowest BCUT2D eigenvalue weighted by atomic mass is 10.2. The monoisotopic (exact) mass is 301 g/mol. The van der Waals surface area contributed by atoms with Crippen LogP contribution in [0.15, 0.2) is 22.7 Å². The Balaban J connectivity index is 2.46. The van der Waals surface area contributed by atoms with Gasteiger partial charge in [-0.05, 0) is 47.5 Å². The minimum absolute atomic E-state index is 0.275. The Labute approximate surface area is 109 Å². The first-order chi connectivity index (χ1) is 8.15. The predicted molar refractivity (Wildman–Crippen MR) is 70.7 cm³/mol. The molecule has 0 atom stereocenters. The molecule has 4 nitrogen and oxygen atoms in total. The maximum atomic E-state index is 10.7. The van der Waals surface area contributed by atoms with Gasteiger partial charge in [-0.25, -0.2) is 4.79 Å². The van der Waals surface area contributed by atoms with Crippen LogP contribution in [0.4, 0.5) is 5.69 Å². The molecular weight excluding hydrogens is 286 g/mol. The Hall–Kier alpha value is -1.07. The van der Waals surface area contributed by atoms with Crippen LogP contribution in [0, 0.1) is 0 Å². The molecule has 0 spiro atoms. The first-order valence-electron chi connectivity index (χ1n) is 5.49. The molecule has 94 valence electrons. The summed E-state index contributed by atoms with van der Waals surface area (Å²) in [5.74, 6) is -0.923. The van der Waals surface area contributed by atoms with Crippen molar-refractivity contribution >= 4 is 27.6 Å². The summed E-state index contributed by atoms with van der Waals surface area (Å²) in [6.45, 7) is 4.23. The predicted octanol–water partition coefficient (Wildman–Crippen LogP) is 2.99. The van der Waals surface area contributed by atoms with E-state index < -0.39 is 5.97 Å². The van der Waals surface area contributed by atoms with Gasteiger partial charge in [-0.1, -0.05) is 0 Å². The van der Waals surface area contributed by atoms with Gasteiger partial charge in [0.05, 0.1) is 5.56 Å². The van der Waals surface area contributed by atoms with Gasteiger partial charge in [0.2, 0.25) is 0 Å². The van der Waals surface area contributed by atoms with E-state index in [0.717, 1.165) is 36.3 Å². The van der Waals surface area contributed by atoms with Gasteiger partial charge in [0, 0.05) is 29.9 Å². The third-order valence-electron chi connectivity index (χ3n) is 2.20. The second-order valence-corrected chi connectivity index (χ2v) is 4.33. The van der Waals surface area contributed by atoms with Crippen molar-refractivity contribution < 1.29 is 14.6 Å². The summed E-state index contributed by atoms with van der Waals surface area (Å²) in [5, 5.41) is 12.0. The molecule has 0 aromatic heterocycles. The lowest BCUT2D eigenvalue weighted by Gasteiger charge is -2.09. The molecule has 17 heavy (non-hydrogen) atoms. The zero-order valence-corrected chi connectivity index (χ0v) is 11.3. The van der Waals surface area contributed by atoms with Crippen LogP contribution in [-0.2, 0) is 4.74 Å². The Morgan fingerprint density at radius 2 is 2.29 bits per heavy atom. The van der Waals surface area contributed by atoms with Gasteiger partial charge in [0.25, 0.3) is 0 Å². The van der Waals surface area contributed by atoms with E-state index in [-0.39, 0.29) is 5.56 Å². The first-order valence-corrected chi connectivity index (χ1v) is 6.29. The molecule has 0 heterocycles. The van der Waals surface area contributed by atoms with E-state index in [4.69, 9.17) is 9.84 Å². The lowest BCUT2D eigenvalue weighted by molar-refractivity contribution is 0.0697. The molecule has 0 amide bonds. The highest BCUT2D eigenvalue weighted by Crippen LogP contribution is 2.23. The number of aromatic carboxylic acids is 1. The fourth-order valence-electron chi connectivity index (χ4n) is 1.33. The molecule has 0 radical (unpaired) electrons. The number of halogens is 1. The van der Waals surface area contributed by atoms with Crippen molar-refractivity contribution in [2.45, 2.75) is 13.3 Å². The van der Waals surface area contributed by atoms with Crippen LogP contribution < -0.4 is 5.32 Å². The summed E-state index contributed by atoms with van der Waals surface area (Å²) in [6.07, 6.45) is 0.918. The van der Waals surface area contributed by atoms with Gasteiger partial charge >= 0.3 is 5.97 Å². The van der Waals surface area contributed by atoms with Crippen molar-refractivity contribution in [1.82, 2.24) is 0 Å². The molecule has 2 N–H and O–H groups in total. The zero-order chi connectivity index (χ0) is 12.7. The molecule has 0 aliphatic heterocycles. The van der Waals surface area contributed by atoms with Crippen molar-refractivity contribution in [2.24, 2.45) is 0 Å². The summed E-state index contributed by atoms with van der Waals surface area (Å²) in [4.78, 5) is 10.7. The highest BCUT2D eigenvalue weighted by Gasteiger charge is 2.05. The maximum Gasteiger partial charge on any atom is 0.335 e. The largest absolute Gasteiger partial charge is 0.478 e. The van der Waals surface area contributed by atoms with Gasteiger partial charge in [-0.3, -0.25) is 0 Å². The average molecular weight is 302 g/mol. The number of ether oxygens (including phenoxy) is 1. The fraction of sp³-hybridized carbons (Fsp3) is 0.417. The van der Waals surface area contributed by atoms with Crippen LogP contribution in [0.2, 0.25) is 0 Å². The van der Waals surface area contributed by atoms with Crippen LogP contribution >= 0.6 is 15.9 Å². The van der Waals surface area contributed by atoms with Gasteiger partial charge < -0.3 is 15.2 Å². The third kappa shape index (κ3) is 4.75. The van der Waals surface area contributed by atoms with E-state index >= 15 is 0 Å². The van der Waals surface area contributed by atoms with Crippen LogP contribution in [0.3, 0.4) is 0 Å². The summed E-state index contributed by atoms with van der Waals surface area (Å²) < 4.78 is 5.98. The Morgan fingerprint density at radius 1 is 1.53 bits per heavy atom. The van der Waals surface area contributed by atoms with E-state index in [2.05, 4.69) is 21.2 Å². The number of carboxylic acids is 1. The molecule has 0 unspecified atom stereocenters. The molecule has 0 bridgehead atoms. The normalized spacial score (nSPS) is 10.2. The average Bonchev–Trinajstić information content (AvgIpc) is 2.30. The number of hydrogen-bond donors (Lipinski definition) is 2. The highest BCUT2D eigenvalue weighted by molar-refractivity contribution is 9.10. The van der Waals surface area contributed by atoms with E-state index in [1.807, 2.05) is 6.92 Å². The van der Waals surface area contributed by atoms with E-state index in [1.54, 1.807) is 18.2 Å². The number of anilines is 1. The second kappa shape index (κ2) is 7.29. The number of rotatable bonds is 7. The first kappa shape index (κ1) is 14.0. The molecular formula is C12H16BrNO3. The standard InChI is InChI=1S/C12H16BrNO3/c1-2-17-7-3-6-14-11-5-4-9(12(15)16)8-10(11)13/h4-5,8,14H,2-3,6-7H2,1H3,(H,15,16). The summed E-state index contributed by atoms with van der Waals surface area (Å²) in [5.41, 5.74) is 1.17. The Kier molecular flexibility index (Phi) is 6.00. The van der Waals surface area contributed by atoms with Gasteiger partial charge in [-0.2, -0.15) is 0 Å². The van der Waals surface area contributed by atoms with Gasteiger partial charge in [0.15, 0.2) is 0 Å². The van der Waals surface area contributed by atoms with Crippen LogP contribution in [0.1, 0.15) is 23.7 Å². The third-order valence-corrected chi connectivity index (χ3v) is 2.86. The van der Waals surface area contributed by atoms with Crippen LogP contribution in [-0.4, -0.2) is 30.8 Å². The fourth-order valence-corrected chi connectivity index (χ4v) is 1.85. The van der Waals surface area contributed by atoms with E-state index in [0.29, 0.717) is 0 Å². The maximum absolute atomic E-state index is 10.7. The van der Waals surface area contributed by atoms with Crippen molar-refractivity contribution in [3.8, 4) is 0 Å². The summed E-state index contributed by atoms with van der Waals surface area (Å²) in [6, 6.07) is 4.93. The molecule has 0 saturated heterocycles. The van der Waals surface area contributed by atoms with Crippen molar-refractivity contribution in [3.05, 3.63) is 28.2 Å². The summed E-state index contributed by atoms with van der Waals surface area (Å²) >= 11 is 3.34. The van der Waals surface area contributed by atoms with Gasteiger partial charge in [-0.15, -0.1) is 0 Å². The molecule has 5 heteroatoms. The quantitative estimate of drug-likeness (QED) is 0.760. The zero-order valence-electron chi connectivity index (χ0n) is 9.70. The minimum Gasteiger partial charge on any atom is -0.478 e. The molecule has 1 rings (SSSR count). The smallest absolute Gasteiger partial charge is 0.335 e. The molecule has 0 aliphatic carbocycles. The van der Waals surface area contributed by atoms with Gasteiger partial charge in [0.1, 0.15) is 0 Å². The molecule has 0 fully saturated rings. The Bertz CT molecular complexity index is 382. The second-order valence-electron chi connectivity index (χ2n) is 3.48. The lowest BCUT2D eigenvalue weighted by Crippen LogP contribution is -2.06.